The molecule has 1 aliphatic heterocycles. The van der Waals surface area contributed by atoms with Crippen molar-refractivity contribution in [1.29, 1.82) is 0 Å². The van der Waals surface area contributed by atoms with Crippen molar-refractivity contribution < 1.29 is 9.84 Å². The summed E-state index contributed by atoms with van der Waals surface area (Å²) < 4.78 is 5.85. The molecule has 0 amide bonds. The van der Waals surface area contributed by atoms with E-state index in [9.17, 15) is 5.11 Å². The Morgan fingerprint density at radius 1 is 1.38 bits per heavy atom. The summed E-state index contributed by atoms with van der Waals surface area (Å²) in [7, 11) is 0. The summed E-state index contributed by atoms with van der Waals surface area (Å²) in [6.45, 7) is 5.26. The number of fused-ring (bicyclic) bond motifs is 1. The van der Waals surface area contributed by atoms with E-state index in [4.69, 9.17) is 16.3 Å². The number of para-hydroxylation sites is 1. The van der Waals surface area contributed by atoms with Crippen LogP contribution in [0.5, 0.6) is 0 Å². The van der Waals surface area contributed by atoms with Gasteiger partial charge >= 0.3 is 0 Å². The smallest absolute Gasteiger partial charge is 0.224 e. The molecule has 0 bridgehead atoms. The molecule has 1 atom stereocenters. The number of aliphatic hydroxyl groups excluding tert-OH is 1. The van der Waals surface area contributed by atoms with Crippen LogP contribution in [0.15, 0.2) is 24.3 Å². The van der Waals surface area contributed by atoms with Gasteiger partial charge in [0.15, 0.2) is 0 Å². The number of benzene rings is 1. The molecule has 1 aromatic carbocycles. The fourth-order valence-electron chi connectivity index (χ4n) is 2.83. The Balaban J connectivity index is 2.07. The van der Waals surface area contributed by atoms with Gasteiger partial charge in [0.05, 0.1) is 23.8 Å². The Morgan fingerprint density at radius 2 is 2.14 bits per heavy atom. The lowest BCUT2D eigenvalue weighted by Crippen LogP contribution is -2.54. The van der Waals surface area contributed by atoms with Crippen molar-refractivity contribution in [2.24, 2.45) is 0 Å². The summed E-state index contributed by atoms with van der Waals surface area (Å²) in [5.74, 6) is 0.792. The highest BCUT2D eigenvalue weighted by Gasteiger charge is 2.34. The van der Waals surface area contributed by atoms with E-state index in [1.807, 2.05) is 38.1 Å². The van der Waals surface area contributed by atoms with E-state index in [0.29, 0.717) is 13.1 Å². The Morgan fingerprint density at radius 3 is 2.90 bits per heavy atom. The average Bonchev–Trinajstić information content (AvgIpc) is 2.44. The van der Waals surface area contributed by atoms with E-state index in [1.165, 1.54) is 0 Å². The van der Waals surface area contributed by atoms with Crippen LogP contribution in [0, 0.1) is 0 Å². The first-order chi connectivity index (χ1) is 9.98. The monoisotopic (exact) mass is 307 g/mol. The highest BCUT2D eigenvalue weighted by Crippen LogP contribution is 2.30. The molecular formula is C15H18ClN3O2. The minimum absolute atomic E-state index is 0.0172. The van der Waals surface area contributed by atoms with Crippen LogP contribution in [0.3, 0.4) is 0 Å². The van der Waals surface area contributed by atoms with Crippen LogP contribution in [-0.4, -0.2) is 46.5 Å². The zero-order valence-electron chi connectivity index (χ0n) is 12.1. The third-order valence-electron chi connectivity index (χ3n) is 3.54. The summed E-state index contributed by atoms with van der Waals surface area (Å²) in [4.78, 5) is 10.8. The Kier molecular flexibility index (Phi) is 3.73. The first kappa shape index (κ1) is 14.5. The molecule has 1 aromatic heterocycles. The van der Waals surface area contributed by atoms with E-state index >= 15 is 0 Å². The van der Waals surface area contributed by atoms with Crippen molar-refractivity contribution in [3.63, 3.8) is 0 Å². The van der Waals surface area contributed by atoms with Gasteiger partial charge in [0, 0.05) is 18.5 Å². The molecule has 2 heterocycles. The second-order valence-corrected chi connectivity index (χ2v) is 6.23. The topological polar surface area (TPSA) is 58.5 Å². The van der Waals surface area contributed by atoms with Crippen LogP contribution in [0.1, 0.15) is 13.8 Å². The van der Waals surface area contributed by atoms with Crippen LogP contribution in [0.2, 0.25) is 5.28 Å². The van der Waals surface area contributed by atoms with Gasteiger partial charge in [-0.15, -0.1) is 0 Å². The van der Waals surface area contributed by atoms with E-state index in [0.717, 1.165) is 16.7 Å². The molecule has 1 aliphatic rings. The van der Waals surface area contributed by atoms with E-state index in [-0.39, 0.29) is 23.6 Å². The summed E-state index contributed by atoms with van der Waals surface area (Å²) in [5, 5.41) is 10.6. The van der Waals surface area contributed by atoms with Crippen molar-refractivity contribution in [2.75, 3.05) is 24.6 Å². The zero-order chi connectivity index (χ0) is 15.0. The molecule has 1 N–H and O–H groups in total. The maximum Gasteiger partial charge on any atom is 0.224 e. The number of rotatable bonds is 2. The van der Waals surface area contributed by atoms with Crippen LogP contribution in [0.25, 0.3) is 10.9 Å². The standard InChI is InChI=1S/C15H18ClN3O2/c1-15(2)9-19(7-10(8-20)21-15)13-11-5-3-4-6-12(11)17-14(16)18-13/h3-6,10,20H,7-9H2,1-2H3. The fourth-order valence-corrected chi connectivity index (χ4v) is 3.00. The quantitative estimate of drug-likeness (QED) is 0.863. The number of morpholine rings is 1. The maximum absolute atomic E-state index is 9.45. The molecule has 21 heavy (non-hydrogen) atoms. The van der Waals surface area contributed by atoms with Crippen molar-refractivity contribution >= 4 is 28.3 Å². The number of ether oxygens (including phenoxy) is 1. The minimum Gasteiger partial charge on any atom is -0.394 e. The van der Waals surface area contributed by atoms with E-state index < -0.39 is 0 Å². The first-order valence-corrected chi connectivity index (χ1v) is 7.32. The SMILES string of the molecule is CC1(C)CN(c2nc(Cl)nc3ccccc23)CC(CO)O1. The van der Waals surface area contributed by atoms with Crippen molar-refractivity contribution in [3.8, 4) is 0 Å². The number of hydrogen-bond donors (Lipinski definition) is 1. The summed E-state index contributed by atoms with van der Waals surface area (Å²) in [5.41, 5.74) is 0.460. The second kappa shape index (κ2) is 5.40. The second-order valence-electron chi connectivity index (χ2n) is 5.90. The molecular weight excluding hydrogens is 290 g/mol. The number of aromatic nitrogens is 2. The number of aliphatic hydroxyl groups is 1. The highest BCUT2D eigenvalue weighted by molar-refractivity contribution is 6.28. The van der Waals surface area contributed by atoms with Crippen molar-refractivity contribution in [1.82, 2.24) is 9.97 Å². The Bertz CT molecular complexity index is 662. The normalized spacial score (nSPS) is 21.7. The predicted octanol–water partition coefficient (Wildman–Crippen LogP) is 2.26. The summed E-state index contributed by atoms with van der Waals surface area (Å²) in [6.07, 6.45) is -0.235. The first-order valence-electron chi connectivity index (χ1n) is 6.94. The van der Waals surface area contributed by atoms with Crippen LogP contribution in [-0.2, 0) is 4.74 Å². The lowest BCUT2D eigenvalue weighted by Gasteiger charge is -2.43. The van der Waals surface area contributed by atoms with Gasteiger partial charge in [-0.1, -0.05) is 12.1 Å². The van der Waals surface area contributed by atoms with Gasteiger partial charge < -0.3 is 14.7 Å². The molecule has 3 rings (SSSR count). The predicted molar refractivity (Wildman–Crippen MR) is 82.8 cm³/mol. The zero-order valence-corrected chi connectivity index (χ0v) is 12.8. The number of hydrogen-bond acceptors (Lipinski definition) is 5. The number of nitrogens with zero attached hydrogens (tertiary/aromatic N) is 3. The van der Waals surface area contributed by atoms with E-state index in [1.54, 1.807) is 0 Å². The van der Waals surface area contributed by atoms with Gasteiger partial charge in [-0.05, 0) is 37.6 Å². The largest absolute Gasteiger partial charge is 0.394 e. The molecule has 1 fully saturated rings. The van der Waals surface area contributed by atoms with E-state index in [2.05, 4.69) is 14.9 Å². The van der Waals surface area contributed by atoms with Gasteiger partial charge in [-0.25, -0.2) is 4.98 Å². The van der Waals surface area contributed by atoms with Gasteiger partial charge in [-0.2, -0.15) is 4.98 Å². The number of anilines is 1. The van der Waals surface area contributed by atoms with Crippen LogP contribution in [0.4, 0.5) is 5.82 Å². The van der Waals surface area contributed by atoms with Crippen molar-refractivity contribution in [2.45, 2.75) is 25.6 Å². The fraction of sp³-hybridized carbons (Fsp3) is 0.467. The molecule has 1 unspecified atom stereocenters. The lowest BCUT2D eigenvalue weighted by atomic mass is 10.0. The Hall–Kier alpha value is -1.43. The molecule has 2 aromatic rings. The molecule has 1 saturated heterocycles. The molecule has 6 heteroatoms. The third kappa shape index (κ3) is 2.95. The average molecular weight is 308 g/mol. The van der Waals surface area contributed by atoms with Gasteiger partial charge in [0.2, 0.25) is 5.28 Å². The maximum atomic E-state index is 9.45. The summed E-state index contributed by atoms with van der Waals surface area (Å²) >= 11 is 6.05. The molecule has 0 spiro atoms. The molecule has 0 radical (unpaired) electrons. The molecule has 0 saturated carbocycles. The summed E-state index contributed by atoms with van der Waals surface area (Å²) in [6, 6.07) is 7.78. The van der Waals surface area contributed by atoms with Crippen LogP contribution < -0.4 is 4.90 Å². The van der Waals surface area contributed by atoms with Gasteiger partial charge in [-0.3, -0.25) is 0 Å². The van der Waals surface area contributed by atoms with Gasteiger partial charge in [0.25, 0.3) is 0 Å². The Labute approximate surface area is 128 Å². The van der Waals surface area contributed by atoms with Crippen molar-refractivity contribution in [3.05, 3.63) is 29.5 Å². The minimum atomic E-state index is -0.357. The lowest BCUT2D eigenvalue weighted by molar-refractivity contribution is -0.101. The van der Waals surface area contributed by atoms with Gasteiger partial charge in [0.1, 0.15) is 5.82 Å². The third-order valence-corrected chi connectivity index (χ3v) is 3.71. The highest BCUT2D eigenvalue weighted by atomic mass is 35.5. The molecule has 0 aliphatic carbocycles. The number of halogens is 1. The van der Waals surface area contributed by atoms with Crippen LogP contribution >= 0.6 is 11.6 Å². The molecule has 112 valence electrons. The molecule has 5 nitrogen and oxygen atoms in total.